The quantitative estimate of drug-likeness (QED) is 0.214. The standard InChI is InChI=1S/C23H23N3O6S/c1-14-13-33-22-19(24-18(27)11-15-5-3-2-4-6-15)21(28)25(22)20(14)23(29)32-12-16-7-9-17(10-8-16)26(30)31/h2-3,6-10,19,22H,4-5,11-13H2,1H3,(H,24,27)/t19?,22-/m0/s1. The lowest BCUT2D eigenvalue weighted by atomic mass is 10.0. The first-order chi connectivity index (χ1) is 15.8. The van der Waals surface area contributed by atoms with Gasteiger partial charge in [-0.15, -0.1) is 11.8 Å². The summed E-state index contributed by atoms with van der Waals surface area (Å²) in [6.45, 7) is 1.70. The smallest absolute Gasteiger partial charge is 0.355 e. The maximum absolute atomic E-state index is 12.8. The minimum atomic E-state index is -0.673. The summed E-state index contributed by atoms with van der Waals surface area (Å²) in [6, 6.07) is 5.04. The average molecular weight is 470 g/mol. The maximum Gasteiger partial charge on any atom is 0.355 e. The van der Waals surface area contributed by atoms with Gasteiger partial charge in [-0.25, -0.2) is 4.79 Å². The number of nitro groups is 1. The zero-order chi connectivity index (χ0) is 23.5. The second-order valence-electron chi connectivity index (χ2n) is 8.03. The third-order valence-electron chi connectivity index (χ3n) is 5.66. The van der Waals surface area contributed by atoms with E-state index in [2.05, 4.69) is 5.32 Å². The van der Waals surface area contributed by atoms with Gasteiger partial charge in [0.05, 0.1) is 4.92 Å². The van der Waals surface area contributed by atoms with E-state index in [1.807, 2.05) is 18.2 Å². The van der Waals surface area contributed by atoms with E-state index in [4.69, 9.17) is 4.74 Å². The van der Waals surface area contributed by atoms with Crippen molar-refractivity contribution in [2.45, 2.75) is 44.2 Å². The van der Waals surface area contributed by atoms with Crippen molar-refractivity contribution in [1.82, 2.24) is 10.2 Å². The molecule has 9 nitrogen and oxygen atoms in total. The fourth-order valence-corrected chi connectivity index (χ4v) is 5.21. The van der Waals surface area contributed by atoms with Crippen LogP contribution in [-0.2, 0) is 25.7 Å². The van der Waals surface area contributed by atoms with Crippen LogP contribution in [0.5, 0.6) is 0 Å². The summed E-state index contributed by atoms with van der Waals surface area (Å²) in [7, 11) is 0. The van der Waals surface area contributed by atoms with Crippen LogP contribution in [0.25, 0.3) is 0 Å². The van der Waals surface area contributed by atoms with Crippen molar-refractivity contribution in [3.63, 3.8) is 0 Å². The van der Waals surface area contributed by atoms with E-state index < -0.39 is 16.9 Å². The lowest BCUT2D eigenvalue weighted by Gasteiger charge is -2.49. The Labute approximate surface area is 194 Å². The Hall–Kier alpha value is -3.40. The van der Waals surface area contributed by atoms with Gasteiger partial charge < -0.3 is 10.1 Å². The number of esters is 1. The monoisotopic (exact) mass is 469 g/mol. The predicted molar refractivity (Wildman–Crippen MR) is 122 cm³/mol. The van der Waals surface area contributed by atoms with Crippen LogP contribution in [-0.4, -0.2) is 44.8 Å². The van der Waals surface area contributed by atoms with Gasteiger partial charge in [0.25, 0.3) is 11.6 Å². The van der Waals surface area contributed by atoms with Crippen molar-refractivity contribution in [2.75, 3.05) is 5.75 Å². The van der Waals surface area contributed by atoms with Crippen LogP contribution in [0.1, 0.15) is 31.7 Å². The first-order valence-corrected chi connectivity index (χ1v) is 11.6. The number of allylic oxidation sites excluding steroid dienone is 3. The SMILES string of the molecule is CC1=C(C(=O)OCc2ccc([N+](=O)[O-])cc2)N2C(=O)C(NC(=O)CC3=CCC=CC3)[C@@H]2SC1. The Morgan fingerprint density at radius 1 is 1.27 bits per heavy atom. The first-order valence-electron chi connectivity index (χ1n) is 10.5. The Morgan fingerprint density at radius 3 is 2.70 bits per heavy atom. The Morgan fingerprint density at radius 2 is 2.03 bits per heavy atom. The molecular formula is C23H23N3O6S. The molecule has 2 amide bonds. The first kappa shape index (κ1) is 22.8. The molecule has 1 fully saturated rings. The number of hydrogen-bond donors (Lipinski definition) is 1. The lowest BCUT2D eigenvalue weighted by molar-refractivity contribution is -0.384. The molecule has 1 aromatic carbocycles. The molecule has 0 aromatic heterocycles. The number of fused-ring (bicyclic) bond motifs is 1. The van der Waals surface area contributed by atoms with E-state index in [-0.39, 0.29) is 41.6 Å². The largest absolute Gasteiger partial charge is 0.456 e. The van der Waals surface area contributed by atoms with Crippen LogP contribution in [0.4, 0.5) is 5.69 Å². The maximum atomic E-state index is 12.8. The van der Waals surface area contributed by atoms with Crippen molar-refractivity contribution >= 4 is 35.2 Å². The van der Waals surface area contributed by atoms with Crippen molar-refractivity contribution in [3.05, 3.63) is 75.0 Å². The van der Waals surface area contributed by atoms with E-state index >= 15 is 0 Å². The summed E-state index contributed by atoms with van der Waals surface area (Å²) >= 11 is 1.50. The number of thioether (sulfide) groups is 1. The number of nitro benzene ring substituents is 1. The minimum absolute atomic E-state index is 0.0497. The van der Waals surface area contributed by atoms with Crippen LogP contribution >= 0.6 is 11.8 Å². The number of β-lactam (4-membered cyclic amide) rings is 1. The van der Waals surface area contributed by atoms with E-state index in [1.54, 1.807) is 6.92 Å². The highest BCUT2D eigenvalue weighted by molar-refractivity contribution is 8.00. The van der Waals surface area contributed by atoms with Gasteiger partial charge >= 0.3 is 5.97 Å². The van der Waals surface area contributed by atoms with Crippen LogP contribution < -0.4 is 5.32 Å². The summed E-state index contributed by atoms with van der Waals surface area (Å²) in [6.07, 6.45) is 7.90. The predicted octanol–water partition coefficient (Wildman–Crippen LogP) is 2.98. The molecular weight excluding hydrogens is 446 g/mol. The molecule has 1 aliphatic carbocycles. The molecule has 2 atom stereocenters. The fourth-order valence-electron chi connectivity index (χ4n) is 3.92. The molecule has 33 heavy (non-hydrogen) atoms. The van der Waals surface area contributed by atoms with E-state index in [1.165, 1.54) is 40.9 Å². The van der Waals surface area contributed by atoms with Crippen molar-refractivity contribution < 1.29 is 24.0 Å². The highest BCUT2D eigenvalue weighted by Gasteiger charge is 2.53. The Balaban J connectivity index is 1.36. The highest BCUT2D eigenvalue weighted by Crippen LogP contribution is 2.40. The number of nitrogens with one attached hydrogen (secondary N) is 1. The second kappa shape index (κ2) is 9.62. The highest BCUT2D eigenvalue weighted by atomic mass is 32.2. The van der Waals surface area contributed by atoms with Gasteiger partial charge in [-0.05, 0) is 43.0 Å². The fraction of sp³-hybridized carbons (Fsp3) is 0.348. The molecule has 10 heteroatoms. The van der Waals surface area contributed by atoms with Gasteiger partial charge in [-0.3, -0.25) is 24.6 Å². The number of ether oxygens (including phenoxy) is 1. The van der Waals surface area contributed by atoms with Crippen LogP contribution in [0.15, 0.2) is 59.3 Å². The van der Waals surface area contributed by atoms with Gasteiger partial charge in [0.1, 0.15) is 23.7 Å². The van der Waals surface area contributed by atoms with Gasteiger partial charge in [0, 0.05) is 24.3 Å². The normalized spacial score (nSPS) is 21.7. The molecule has 1 unspecified atom stereocenters. The third-order valence-corrected chi connectivity index (χ3v) is 7.09. The third kappa shape index (κ3) is 4.85. The summed E-state index contributed by atoms with van der Waals surface area (Å²) in [4.78, 5) is 49.7. The molecule has 0 spiro atoms. The summed E-state index contributed by atoms with van der Waals surface area (Å²) in [5.74, 6) is -0.629. The number of amides is 2. The van der Waals surface area contributed by atoms with E-state index in [0.717, 1.165) is 24.0 Å². The zero-order valence-corrected chi connectivity index (χ0v) is 18.8. The molecule has 0 radical (unpaired) electrons. The van der Waals surface area contributed by atoms with Gasteiger partial charge in [0.2, 0.25) is 5.91 Å². The van der Waals surface area contributed by atoms with Crippen molar-refractivity contribution in [2.24, 2.45) is 0 Å². The average Bonchev–Trinajstić information content (AvgIpc) is 2.81. The summed E-state index contributed by atoms with van der Waals surface area (Å²) < 4.78 is 5.39. The molecule has 0 bridgehead atoms. The van der Waals surface area contributed by atoms with Gasteiger partial charge in [0.15, 0.2) is 0 Å². The van der Waals surface area contributed by atoms with Crippen molar-refractivity contribution in [1.29, 1.82) is 0 Å². The Kier molecular flexibility index (Phi) is 6.64. The topological polar surface area (TPSA) is 119 Å². The number of rotatable bonds is 7. The molecule has 2 aliphatic heterocycles. The molecule has 172 valence electrons. The Bertz CT molecular complexity index is 1090. The number of nitrogens with zero attached hydrogens (tertiary/aromatic N) is 2. The molecule has 2 heterocycles. The number of carbonyl (C=O) groups is 3. The van der Waals surface area contributed by atoms with Gasteiger partial charge in [-0.2, -0.15) is 0 Å². The molecule has 4 rings (SSSR count). The van der Waals surface area contributed by atoms with Crippen LogP contribution in [0, 0.1) is 10.1 Å². The lowest BCUT2D eigenvalue weighted by Crippen LogP contribution is -2.70. The van der Waals surface area contributed by atoms with E-state index in [9.17, 15) is 24.5 Å². The summed E-state index contributed by atoms with van der Waals surface area (Å²) in [5, 5.41) is 13.2. The zero-order valence-electron chi connectivity index (χ0n) is 18.0. The minimum Gasteiger partial charge on any atom is -0.456 e. The van der Waals surface area contributed by atoms with Gasteiger partial charge in [-0.1, -0.05) is 23.8 Å². The number of benzene rings is 1. The summed E-state index contributed by atoms with van der Waals surface area (Å²) in [5.41, 5.74) is 2.51. The van der Waals surface area contributed by atoms with E-state index in [0.29, 0.717) is 11.3 Å². The molecule has 1 aromatic rings. The number of hydrogen-bond acceptors (Lipinski definition) is 7. The molecule has 0 saturated carbocycles. The number of non-ortho nitro benzene ring substituents is 1. The number of carbonyl (C=O) groups excluding carboxylic acids is 3. The van der Waals surface area contributed by atoms with Crippen LogP contribution in [0.2, 0.25) is 0 Å². The molecule has 3 aliphatic rings. The van der Waals surface area contributed by atoms with Crippen LogP contribution in [0.3, 0.4) is 0 Å². The van der Waals surface area contributed by atoms with Crippen molar-refractivity contribution in [3.8, 4) is 0 Å². The second-order valence-corrected chi connectivity index (χ2v) is 9.14. The molecule has 1 saturated heterocycles. The molecule has 1 N–H and O–H groups in total.